The molecule has 1 aromatic carbocycles. The Morgan fingerprint density at radius 2 is 1.69 bits per heavy atom. The summed E-state index contributed by atoms with van der Waals surface area (Å²) < 4.78 is 45.2. The largest absolute Gasteiger partial charge is 0.416 e. The van der Waals surface area contributed by atoms with Crippen molar-refractivity contribution in [2.75, 3.05) is 36.5 Å². The number of morpholine rings is 1. The van der Waals surface area contributed by atoms with Gasteiger partial charge in [-0.2, -0.15) is 13.2 Å². The van der Waals surface area contributed by atoms with E-state index >= 15 is 0 Å². The Kier molecular flexibility index (Phi) is 6.15. The van der Waals surface area contributed by atoms with Crippen molar-refractivity contribution < 1.29 is 32.3 Å². The Morgan fingerprint density at radius 3 is 2.25 bits per heavy atom. The third-order valence-corrected chi connectivity index (χ3v) is 6.58. The molecule has 0 aromatic heterocycles. The molecule has 7 nitrogen and oxygen atoms in total. The van der Waals surface area contributed by atoms with Crippen LogP contribution < -0.4 is 10.2 Å². The molecule has 3 aliphatic rings. The van der Waals surface area contributed by atoms with E-state index in [2.05, 4.69) is 5.32 Å². The number of alkyl halides is 3. The lowest BCUT2D eigenvalue weighted by atomic mass is 9.81. The zero-order valence-corrected chi connectivity index (χ0v) is 17.8. The van der Waals surface area contributed by atoms with E-state index in [-0.39, 0.29) is 17.5 Å². The van der Waals surface area contributed by atoms with Gasteiger partial charge in [0.25, 0.3) is 0 Å². The zero-order valence-electron chi connectivity index (χ0n) is 17.8. The molecule has 3 atom stereocenters. The van der Waals surface area contributed by atoms with Crippen molar-refractivity contribution in [2.24, 2.45) is 11.8 Å². The van der Waals surface area contributed by atoms with Gasteiger partial charge in [-0.25, -0.2) is 0 Å². The molecule has 1 saturated carbocycles. The number of halogens is 3. The number of fused-ring (bicyclic) bond motifs is 1. The van der Waals surface area contributed by atoms with Gasteiger partial charge in [0.1, 0.15) is 6.04 Å². The van der Waals surface area contributed by atoms with Gasteiger partial charge in [0.2, 0.25) is 17.7 Å². The molecule has 0 radical (unpaired) electrons. The third-order valence-electron chi connectivity index (χ3n) is 6.58. The maximum atomic E-state index is 13.3. The van der Waals surface area contributed by atoms with Crippen LogP contribution >= 0.6 is 0 Å². The number of carbonyl (C=O) groups is 3. The van der Waals surface area contributed by atoms with Crippen LogP contribution in [0, 0.1) is 11.8 Å². The summed E-state index contributed by atoms with van der Waals surface area (Å²) in [5.41, 5.74) is -0.457. The van der Waals surface area contributed by atoms with Gasteiger partial charge < -0.3 is 15.0 Å². The van der Waals surface area contributed by atoms with Crippen LogP contribution in [-0.2, 0) is 25.3 Å². The predicted molar refractivity (Wildman–Crippen MR) is 110 cm³/mol. The standard InChI is InChI=1S/C22H26F3N3O4/c1-13(28-20(30)15-4-2-3-5-16(15)21(28)31)19(29)26-17-12-14(22(23,24)25)6-7-18(17)27-8-10-32-11-9-27/h6-7,12-13,15-16H,2-5,8-11H2,1H3,(H,26,29)/t13-,15+,16+/m0/s1. The molecule has 0 spiro atoms. The summed E-state index contributed by atoms with van der Waals surface area (Å²) in [6, 6.07) is 2.08. The van der Waals surface area contributed by atoms with E-state index in [0.29, 0.717) is 44.8 Å². The number of amides is 3. The van der Waals surface area contributed by atoms with Crippen LogP contribution in [0.4, 0.5) is 24.5 Å². The Hall–Kier alpha value is -2.62. The highest BCUT2D eigenvalue weighted by Gasteiger charge is 2.50. The number of rotatable bonds is 4. The maximum absolute atomic E-state index is 13.3. The van der Waals surface area contributed by atoms with Crippen molar-refractivity contribution in [1.29, 1.82) is 0 Å². The Labute approximate surface area is 183 Å². The number of anilines is 2. The monoisotopic (exact) mass is 453 g/mol. The summed E-state index contributed by atoms with van der Waals surface area (Å²) >= 11 is 0. The van der Waals surface area contributed by atoms with Crippen molar-refractivity contribution in [3.63, 3.8) is 0 Å². The molecule has 1 aliphatic carbocycles. The van der Waals surface area contributed by atoms with E-state index in [0.717, 1.165) is 29.9 Å². The SMILES string of the molecule is C[C@@H](C(=O)Nc1cc(C(F)(F)F)ccc1N1CCOCC1)N1C(=O)[C@@H]2CCCC[C@H]2C1=O. The summed E-state index contributed by atoms with van der Waals surface area (Å²) in [4.78, 5) is 41.5. The fourth-order valence-corrected chi connectivity index (χ4v) is 4.82. The number of ether oxygens (including phenoxy) is 1. The topological polar surface area (TPSA) is 79.0 Å². The second-order valence-corrected chi connectivity index (χ2v) is 8.54. The van der Waals surface area contributed by atoms with Crippen LogP contribution in [-0.4, -0.2) is 55.0 Å². The van der Waals surface area contributed by atoms with Crippen molar-refractivity contribution in [3.05, 3.63) is 23.8 Å². The summed E-state index contributed by atoms with van der Waals surface area (Å²) in [5, 5.41) is 2.55. The van der Waals surface area contributed by atoms with E-state index in [9.17, 15) is 27.6 Å². The molecule has 0 bridgehead atoms. The number of hydrogen-bond donors (Lipinski definition) is 1. The van der Waals surface area contributed by atoms with Crippen molar-refractivity contribution in [1.82, 2.24) is 4.90 Å². The number of hydrogen-bond acceptors (Lipinski definition) is 5. The minimum atomic E-state index is -4.58. The molecular formula is C22H26F3N3O4. The van der Waals surface area contributed by atoms with Gasteiger partial charge in [-0.3, -0.25) is 19.3 Å². The van der Waals surface area contributed by atoms with Crippen LogP contribution in [0.25, 0.3) is 0 Å². The van der Waals surface area contributed by atoms with Crippen LogP contribution in [0.5, 0.6) is 0 Å². The highest BCUT2D eigenvalue weighted by atomic mass is 19.4. The number of carbonyl (C=O) groups excluding carboxylic acids is 3. The molecule has 4 rings (SSSR count). The van der Waals surface area contributed by atoms with E-state index in [1.807, 2.05) is 4.90 Å². The molecule has 174 valence electrons. The quantitative estimate of drug-likeness (QED) is 0.709. The first-order valence-electron chi connectivity index (χ1n) is 10.9. The first kappa shape index (κ1) is 22.6. The summed E-state index contributed by atoms with van der Waals surface area (Å²) in [7, 11) is 0. The second-order valence-electron chi connectivity index (χ2n) is 8.54. The lowest BCUT2D eigenvalue weighted by molar-refractivity contribution is -0.146. The Morgan fingerprint density at radius 1 is 1.09 bits per heavy atom. The lowest BCUT2D eigenvalue weighted by Gasteiger charge is -2.31. The van der Waals surface area contributed by atoms with Gasteiger partial charge in [0.15, 0.2) is 0 Å². The molecule has 10 heteroatoms. The summed E-state index contributed by atoms with van der Waals surface area (Å²) in [6.07, 6.45) is -1.61. The minimum Gasteiger partial charge on any atom is -0.378 e. The first-order chi connectivity index (χ1) is 15.2. The zero-order chi connectivity index (χ0) is 23.0. The van der Waals surface area contributed by atoms with Crippen molar-refractivity contribution >= 4 is 29.1 Å². The second kappa shape index (κ2) is 8.73. The molecule has 3 fully saturated rings. The summed E-state index contributed by atoms with van der Waals surface area (Å²) in [6.45, 7) is 3.21. The fraction of sp³-hybridized carbons (Fsp3) is 0.591. The number of nitrogens with one attached hydrogen (secondary N) is 1. The Bertz CT molecular complexity index is 890. The molecule has 1 aromatic rings. The average molecular weight is 453 g/mol. The lowest BCUT2D eigenvalue weighted by Crippen LogP contribution is -2.46. The van der Waals surface area contributed by atoms with E-state index in [1.165, 1.54) is 13.0 Å². The molecule has 3 amide bonds. The molecular weight excluding hydrogens is 427 g/mol. The molecule has 2 saturated heterocycles. The number of benzene rings is 1. The molecule has 2 aliphatic heterocycles. The molecule has 2 heterocycles. The highest BCUT2D eigenvalue weighted by molar-refractivity contribution is 6.10. The smallest absolute Gasteiger partial charge is 0.378 e. The number of nitrogens with zero attached hydrogens (tertiary/aromatic N) is 2. The maximum Gasteiger partial charge on any atom is 0.416 e. The van der Waals surface area contributed by atoms with Gasteiger partial charge in [0.05, 0.1) is 42.0 Å². The number of imide groups is 1. The van der Waals surface area contributed by atoms with Crippen molar-refractivity contribution in [2.45, 2.75) is 44.8 Å². The van der Waals surface area contributed by atoms with Gasteiger partial charge in [-0.1, -0.05) is 12.8 Å². The van der Waals surface area contributed by atoms with Crippen LogP contribution in [0.15, 0.2) is 18.2 Å². The molecule has 1 N–H and O–H groups in total. The van der Waals surface area contributed by atoms with Crippen LogP contribution in [0.3, 0.4) is 0 Å². The summed E-state index contributed by atoms with van der Waals surface area (Å²) in [5.74, 6) is -2.22. The third kappa shape index (κ3) is 4.20. The van der Waals surface area contributed by atoms with Crippen LogP contribution in [0.1, 0.15) is 38.2 Å². The minimum absolute atomic E-state index is 0.00455. The van der Waals surface area contributed by atoms with Crippen LogP contribution in [0.2, 0.25) is 0 Å². The number of likely N-dealkylation sites (tertiary alicyclic amines) is 1. The average Bonchev–Trinajstić information content (AvgIpc) is 3.03. The van der Waals surface area contributed by atoms with Crippen molar-refractivity contribution in [3.8, 4) is 0 Å². The van der Waals surface area contributed by atoms with E-state index < -0.39 is 35.5 Å². The predicted octanol–water partition coefficient (Wildman–Crippen LogP) is 3.04. The first-order valence-corrected chi connectivity index (χ1v) is 10.9. The normalized spacial score (nSPS) is 25.0. The highest BCUT2D eigenvalue weighted by Crippen LogP contribution is 2.39. The van der Waals surface area contributed by atoms with Gasteiger partial charge >= 0.3 is 6.18 Å². The molecule has 32 heavy (non-hydrogen) atoms. The van der Waals surface area contributed by atoms with E-state index in [4.69, 9.17) is 4.74 Å². The van der Waals surface area contributed by atoms with E-state index in [1.54, 1.807) is 0 Å². The van der Waals surface area contributed by atoms with Gasteiger partial charge in [0, 0.05) is 13.1 Å². The van der Waals surface area contributed by atoms with Gasteiger partial charge in [-0.15, -0.1) is 0 Å². The fourth-order valence-electron chi connectivity index (χ4n) is 4.82. The Balaban J connectivity index is 1.58. The molecule has 0 unspecified atom stereocenters. The van der Waals surface area contributed by atoms with Gasteiger partial charge in [-0.05, 0) is 38.0 Å².